The predicted octanol–water partition coefficient (Wildman–Crippen LogP) is 1.37. The standard InChI is InChI=1S/C10H10N4O/c1-7-4-11-3-2-9(7)14-10(15)8-5-12-13-6-8/h2-6H,1H3,(H,12,13)(H,11,14,15). The molecule has 5 nitrogen and oxygen atoms in total. The molecule has 0 radical (unpaired) electrons. The van der Waals surface area contributed by atoms with Crippen LogP contribution in [0.15, 0.2) is 30.9 Å². The molecule has 0 fully saturated rings. The zero-order chi connectivity index (χ0) is 10.7. The van der Waals surface area contributed by atoms with Crippen LogP contribution in [0.25, 0.3) is 0 Å². The van der Waals surface area contributed by atoms with Gasteiger partial charge < -0.3 is 5.32 Å². The summed E-state index contributed by atoms with van der Waals surface area (Å²) in [6, 6.07) is 1.76. The number of H-pyrrole nitrogens is 1. The van der Waals surface area contributed by atoms with Crippen molar-refractivity contribution >= 4 is 11.6 Å². The van der Waals surface area contributed by atoms with Gasteiger partial charge in [0.1, 0.15) is 0 Å². The summed E-state index contributed by atoms with van der Waals surface area (Å²) >= 11 is 0. The van der Waals surface area contributed by atoms with Crippen molar-refractivity contribution in [1.29, 1.82) is 0 Å². The minimum atomic E-state index is -0.182. The number of aromatic nitrogens is 3. The maximum atomic E-state index is 11.6. The van der Waals surface area contributed by atoms with Gasteiger partial charge in [-0.05, 0) is 18.6 Å². The van der Waals surface area contributed by atoms with Gasteiger partial charge in [-0.2, -0.15) is 5.10 Å². The predicted molar refractivity (Wildman–Crippen MR) is 55.5 cm³/mol. The van der Waals surface area contributed by atoms with Gasteiger partial charge in [-0.3, -0.25) is 14.9 Å². The number of hydrogen-bond acceptors (Lipinski definition) is 3. The second-order valence-electron chi connectivity index (χ2n) is 3.13. The number of rotatable bonds is 2. The van der Waals surface area contributed by atoms with Crippen molar-refractivity contribution in [3.8, 4) is 0 Å². The van der Waals surface area contributed by atoms with Gasteiger partial charge in [-0.1, -0.05) is 0 Å². The first-order valence-corrected chi connectivity index (χ1v) is 4.48. The van der Waals surface area contributed by atoms with E-state index in [-0.39, 0.29) is 5.91 Å². The molecule has 5 heteroatoms. The number of pyridine rings is 1. The van der Waals surface area contributed by atoms with E-state index in [1.807, 2.05) is 6.92 Å². The second kappa shape index (κ2) is 3.91. The first kappa shape index (κ1) is 9.39. The highest BCUT2D eigenvalue weighted by Crippen LogP contribution is 2.12. The largest absolute Gasteiger partial charge is 0.322 e. The molecular weight excluding hydrogens is 192 g/mol. The molecule has 0 atom stereocenters. The summed E-state index contributed by atoms with van der Waals surface area (Å²) in [4.78, 5) is 15.6. The van der Waals surface area contributed by atoms with Crippen LogP contribution in [-0.2, 0) is 0 Å². The highest BCUT2D eigenvalue weighted by atomic mass is 16.1. The Bertz CT molecular complexity index is 464. The average molecular weight is 202 g/mol. The van der Waals surface area contributed by atoms with Crippen LogP contribution in [0.4, 0.5) is 5.69 Å². The van der Waals surface area contributed by atoms with E-state index < -0.39 is 0 Å². The number of carbonyl (C=O) groups excluding carboxylic acids is 1. The van der Waals surface area contributed by atoms with E-state index in [9.17, 15) is 4.79 Å². The second-order valence-corrected chi connectivity index (χ2v) is 3.13. The van der Waals surface area contributed by atoms with Gasteiger partial charge in [0.25, 0.3) is 5.91 Å². The highest BCUT2D eigenvalue weighted by Gasteiger charge is 2.07. The van der Waals surface area contributed by atoms with E-state index in [1.165, 1.54) is 6.20 Å². The minimum absolute atomic E-state index is 0.182. The van der Waals surface area contributed by atoms with Crippen LogP contribution in [0.1, 0.15) is 15.9 Å². The number of nitrogens with zero attached hydrogens (tertiary/aromatic N) is 2. The Hall–Kier alpha value is -2.17. The van der Waals surface area contributed by atoms with Gasteiger partial charge in [-0.15, -0.1) is 0 Å². The van der Waals surface area contributed by atoms with Crippen LogP contribution in [0.5, 0.6) is 0 Å². The van der Waals surface area contributed by atoms with E-state index in [2.05, 4.69) is 20.5 Å². The molecular formula is C10H10N4O. The molecule has 0 aromatic carbocycles. The summed E-state index contributed by atoms with van der Waals surface area (Å²) in [7, 11) is 0. The van der Waals surface area contributed by atoms with Crippen molar-refractivity contribution in [3.05, 3.63) is 42.0 Å². The number of nitrogens with one attached hydrogen (secondary N) is 2. The molecule has 0 spiro atoms. The Kier molecular flexibility index (Phi) is 2.45. The van der Waals surface area contributed by atoms with E-state index in [0.29, 0.717) is 5.56 Å². The Morgan fingerprint density at radius 1 is 1.47 bits per heavy atom. The molecule has 2 heterocycles. The molecule has 0 saturated heterocycles. The van der Waals surface area contributed by atoms with Crippen molar-refractivity contribution in [2.75, 3.05) is 5.32 Å². The van der Waals surface area contributed by atoms with E-state index in [4.69, 9.17) is 0 Å². The third-order valence-electron chi connectivity index (χ3n) is 2.03. The number of anilines is 1. The fourth-order valence-corrected chi connectivity index (χ4v) is 1.18. The maximum absolute atomic E-state index is 11.6. The SMILES string of the molecule is Cc1cnccc1NC(=O)c1cn[nH]c1. The van der Waals surface area contributed by atoms with Crippen molar-refractivity contribution in [3.63, 3.8) is 0 Å². The Balaban J connectivity index is 2.17. The van der Waals surface area contributed by atoms with Crippen LogP contribution < -0.4 is 5.32 Å². The Morgan fingerprint density at radius 2 is 2.33 bits per heavy atom. The molecule has 2 N–H and O–H groups in total. The average Bonchev–Trinajstić information content (AvgIpc) is 2.74. The van der Waals surface area contributed by atoms with Crippen LogP contribution in [0.2, 0.25) is 0 Å². The van der Waals surface area contributed by atoms with Gasteiger partial charge in [0, 0.05) is 24.3 Å². The van der Waals surface area contributed by atoms with Crippen molar-refractivity contribution in [1.82, 2.24) is 15.2 Å². The molecule has 0 aliphatic rings. The summed E-state index contributed by atoms with van der Waals surface area (Å²) in [5.74, 6) is -0.182. The van der Waals surface area contributed by atoms with Crippen molar-refractivity contribution < 1.29 is 4.79 Å². The lowest BCUT2D eigenvalue weighted by Gasteiger charge is -2.05. The molecule has 0 unspecified atom stereocenters. The fraction of sp³-hybridized carbons (Fsp3) is 0.100. The summed E-state index contributed by atoms with van der Waals surface area (Å²) in [5.41, 5.74) is 2.19. The highest BCUT2D eigenvalue weighted by molar-refractivity contribution is 6.04. The van der Waals surface area contributed by atoms with Crippen molar-refractivity contribution in [2.45, 2.75) is 6.92 Å². The number of hydrogen-bond donors (Lipinski definition) is 2. The lowest BCUT2D eigenvalue weighted by molar-refractivity contribution is 0.102. The van der Waals surface area contributed by atoms with Crippen LogP contribution in [0.3, 0.4) is 0 Å². The van der Waals surface area contributed by atoms with E-state index >= 15 is 0 Å². The monoisotopic (exact) mass is 202 g/mol. The molecule has 2 aromatic heterocycles. The van der Waals surface area contributed by atoms with Crippen LogP contribution >= 0.6 is 0 Å². The zero-order valence-electron chi connectivity index (χ0n) is 8.19. The van der Waals surface area contributed by atoms with E-state index in [0.717, 1.165) is 11.3 Å². The maximum Gasteiger partial charge on any atom is 0.258 e. The molecule has 2 rings (SSSR count). The van der Waals surface area contributed by atoms with Crippen LogP contribution in [-0.4, -0.2) is 21.1 Å². The third-order valence-corrected chi connectivity index (χ3v) is 2.03. The quantitative estimate of drug-likeness (QED) is 0.772. The summed E-state index contributed by atoms with van der Waals surface area (Å²) in [6.07, 6.45) is 6.36. The first-order chi connectivity index (χ1) is 7.27. The van der Waals surface area contributed by atoms with Crippen LogP contribution in [0, 0.1) is 6.92 Å². The molecule has 1 amide bonds. The Labute approximate surface area is 86.5 Å². The van der Waals surface area contributed by atoms with Gasteiger partial charge in [-0.25, -0.2) is 0 Å². The van der Waals surface area contributed by atoms with Gasteiger partial charge in [0.2, 0.25) is 0 Å². The topological polar surface area (TPSA) is 70.7 Å². The van der Waals surface area contributed by atoms with Gasteiger partial charge in [0.15, 0.2) is 0 Å². The minimum Gasteiger partial charge on any atom is -0.322 e. The third kappa shape index (κ3) is 2.01. The smallest absolute Gasteiger partial charge is 0.258 e. The first-order valence-electron chi connectivity index (χ1n) is 4.48. The van der Waals surface area contributed by atoms with Gasteiger partial charge >= 0.3 is 0 Å². The number of carbonyl (C=O) groups is 1. The van der Waals surface area contributed by atoms with Gasteiger partial charge in [0.05, 0.1) is 11.8 Å². The molecule has 0 saturated carbocycles. The molecule has 0 bridgehead atoms. The van der Waals surface area contributed by atoms with Crippen molar-refractivity contribution in [2.24, 2.45) is 0 Å². The lowest BCUT2D eigenvalue weighted by atomic mass is 10.2. The Morgan fingerprint density at radius 3 is 3.00 bits per heavy atom. The zero-order valence-corrected chi connectivity index (χ0v) is 8.19. The summed E-state index contributed by atoms with van der Waals surface area (Å²) in [5, 5.41) is 9.07. The molecule has 0 aliphatic carbocycles. The lowest BCUT2D eigenvalue weighted by Crippen LogP contribution is -2.11. The normalized spacial score (nSPS) is 9.93. The van der Waals surface area contributed by atoms with E-state index in [1.54, 1.807) is 24.7 Å². The molecule has 0 aliphatic heterocycles. The number of aromatic amines is 1. The molecule has 15 heavy (non-hydrogen) atoms. The summed E-state index contributed by atoms with van der Waals surface area (Å²) in [6.45, 7) is 1.89. The molecule has 76 valence electrons. The molecule has 2 aromatic rings. The number of amides is 1. The number of aryl methyl sites for hydroxylation is 1. The summed E-state index contributed by atoms with van der Waals surface area (Å²) < 4.78 is 0. The fourth-order valence-electron chi connectivity index (χ4n) is 1.18.